The number of hydrogen-bond acceptors (Lipinski definition) is 5. The highest BCUT2D eigenvalue weighted by atomic mass is 32.2. The largest absolute Gasteiger partial charge is 0.334 e. The van der Waals surface area contributed by atoms with Crippen molar-refractivity contribution in [2.24, 2.45) is 0 Å². The quantitative estimate of drug-likeness (QED) is 0.850. The van der Waals surface area contributed by atoms with Crippen molar-refractivity contribution in [2.45, 2.75) is 25.4 Å². The van der Waals surface area contributed by atoms with E-state index in [0.29, 0.717) is 6.42 Å². The van der Waals surface area contributed by atoms with Crippen LogP contribution in [-0.4, -0.2) is 46.8 Å². The maximum Gasteiger partial charge on any atom is 0.315 e. The van der Waals surface area contributed by atoms with Gasteiger partial charge in [0, 0.05) is 6.04 Å². The van der Waals surface area contributed by atoms with Crippen molar-refractivity contribution >= 4 is 15.9 Å². The first-order valence-electron chi connectivity index (χ1n) is 7.65. The molecule has 2 amide bonds. The second kappa shape index (κ2) is 6.60. The lowest BCUT2D eigenvalue weighted by molar-refractivity contribution is 0.235. The third-order valence-corrected chi connectivity index (χ3v) is 5.76. The summed E-state index contributed by atoms with van der Waals surface area (Å²) >= 11 is 0. The molecule has 2 aromatic rings. The minimum Gasteiger partial charge on any atom is -0.334 e. The van der Waals surface area contributed by atoms with Gasteiger partial charge < -0.3 is 10.6 Å². The zero-order chi connectivity index (χ0) is 17.2. The molecule has 2 N–H and O–H groups in total. The van der Waals surface area contributed by atoms with Gasteiger partial charge in [-0.25, -0.2) is 22.9 Å². The van der Waals surface area contributed by atoms with E-state index in [4.69, 9.17) is 0 Å². The summed E-state index contributed by atoms with van der Waals surface area (Å²) in [5.41, 5.74) is 1.82. The number of carbonyl (C=O) groups excluding carboxylic acids is 1. The van der Waals surface area contributed by atoms with Crippen molar-refractivity contribution < 1.29 is 13.2 Å². The molecule has 1 aromatic carbocycles. The maximum absolute atomic E-state index is 12.0. The Bertz CT molecular complexity index is 802. The van der Waals surface area contributed by atoms with Gasteiger partial charge in [0.05, 0.1) is 23.2 Å². The van der Waals surface area contributed by atoms with Crippen LogP contribution in [-0.2, 0) is 9.84 Å². The van der Waals surface area contributed by atoms with Gasteiger partial charge in [-0.1, -0.05) is 12.1 Å². The standard InChI is InChI=1S/C15H19N5O3S/c1-11(18-15(21)19-13-6-7-24(22,23)8-13)12-2-4-14(5-3-12)20-10-16-9-17-20/h2-5,9-11,13H,6-8H2,1H3,(H2,18,19,21). The van der Waals surface area contributed by atoms with E-state index in [9.17, 15) is 13.2 Å². The number of hydrogen-bond donors (Lipinski definition) is 2. The second-order valence-electron chi connectivity index (χ2n) is 5.87. The number of nitrogens with zero attached hydrogens (tertiary/aromatic N) is 3. The topological polar surface area (TPSA) is 106 Å². The van der Waals surface area contributed by atoms with E-state index in [1.807, 2.05) is 31.2 Å². The molecule has 1 aliphatic rings. The average molecular weight is 349 g/mol. The minimum absolute atomic E-state index is 0.0153. The number of urea groups is 1. The van der Waals surface area contributed by atoms with E-state index in [-0.39, 0.29) is 29.6 Å². The van der Waals surface area contributed by atoms with Gasteiger partial charge in [0.2, 0.25) is 0 Å². The Balaban J connectivity index is 1.56. The molecule has 24 heavy (non-hydrogen) atoms. The molecule has 9 heteroatoms. The molecule has 0 bridgehead atoms. The average Bonchev–Trinajstić information content (AvgIpc) is 3.17. The molecular formula is C15H19N5O3S. The van der Waals surface area contributed by atoms with Gasteiger partial charge in [0.1, 0.15) is 12.7 Å². The lowest BCUT2D eigenvalue weighted by Gasteiger charge is -2.17. The van der Waals surface area contributed by atoms with E-state index in [0.717, 1.165) is 11.3 Å². The Kier molecular flexibility index (Phi) is 4.52. The Hall–Kier alpha value is -2.42. The predicted molar refractivity (Wildman–Crippen MR) is 88.5 cm³/mol. The van der Waals surface area contributed by atoms with Gasteiger partial charge in [0.15, 0.2) is 9.84 Å². The maximum atomic E-state index is 12.0. The summed E-state index contributed by atoms with van der Waals surface area (Å²) in [5, 5.41) is 9.60. The van der Waals surface area contributed by atoms with Crippen LogP contribution < -0.4 is 10.6 Å². The molecule has 2 unspecified atom stereocenters. The first-order valence-corrected chi connectivity index (χ1v) is 9.47. The number of nitrogens with one attached hydrogen (secondary N) is 2. The van der Waals surface area contributed by atoms with E-state index in [1.54, 1.807) is 11.0 Å². The number of sulfone groups is 1. The fourth-order valence-electron chi connectivity index (χ4n) is 2.67. The zero-order valence-electron chi connectivity index (χ0n) is 13.2. The molecular weight excluding hydrogens is 330 g/mol. The van der Waals surface area contributed by atoms with Crippen molar-refractivity contribution in [3.05, 3.63) is 42.5 Å². The summed E-state index contributed by atoms with van der Waals surface area (Å²) in [5.74, 6) is 0.151. The minimum atomic E-state index is -3.00. The van der Waals surface area contributed by atoms with Crippen molar-refractivity contribution in [1.29, 1.82) is 0 Å². The van der Waals surface area contributed by atoms with Crippen LogP contribution in [0.1, 0.15) is 24.9 Å². The molecule has 8 nitrogen and oxygen atoms in total. The van der Waals surface area contributed by atoms with Crippen LogP contribution in [0.25, 0.3) is 5.69 Å². The molecule has 0 spiro atoms. The summed E-state index contributed by atoms with van der Waals surface area (Å²) in [7, 11) is -3.00. The normalized spacial score (nSPS) is 20.5. The summed E-state index contributed by atoms with van der Waals surface area (Å²) < 4.78 is 24.5. The van der Waals surface area contributed by atoms with Crippen molar-refractivity contribution in [3.8, 4) is 5.69 Å². The third kappa shape index (κ3) is 3.91. The Morgan fingerprint density at radius 2 is 2.08 bits per heavy atom. The molecule has 1 aromatic heterocycles. The van der Waals surface area contributed by atoms with Crippen LogP contribution in [0.15, 0.2) is 36.9 Å². The van der Waals surface area contributed by atoms with E-state index in [1.165, 1.54) is 6.33 Å². The van der Waals surface area contributed by atoms with Gasteiger partial charge in [-0.2, -0.15) is 5.10 Å². The molecule has 1 saturated heterocycles. The van der Waals surface area contributed by atoms with Gasteiger partial charge in [-0.3, -0.25) is 0 Å². The number of aromatic nitrogens is 3. The fraction of sp³-hybridized carbons (Fsp3) is 0.400. The van der Waals surface area contributed by atoms with E-state index >= 15 is 0 Å². The van der Waals surface area contributed by atoms with Crippen LogP contribution in [0.3, 0.4) is 0 Å². The van der Waals surface area contributed by atoms with Crippen molar-refractivity contribution in [1.82, 2.24) is 25.4 Å². The van der Waals surface area contributed by atoms with Crippen LogP contribution in [0.5, 0.6) is 0 Å². The molecule has 0 aliphatic carbocycles. The van der Waals surface area contributed by atoms with Gasteiger partial charge in [-0.05, 0) is 31.0 Å². The van der Waals surface area contributed by atoms with Gasteiger partial charge in [-0.15, -0.1) is 0 Å². The smallest absolute Gasteiger partial charge is 0.315 e. The molecule has 3 rings (SSSR count). The molecule has 2 atom stereocenters. The first kappa shape index (κ1) is 16.4. The van der Waals surface area contributed by atoms with Crippen molar-refractivity contribution in [2.75, 3.05) is 11.5 Å². The molecule has 1 fully saturated rings. The molecule has 0 radical (unpaired) electrons. The number of rotatable bonds is 4. The number of carbonyl (C=O) groups is 1. The Morgan fingerprint density at radius 3 is 2.67 bits per heavy atom. The Morgan fingerprint density at radius 1 is 1.33 bits per heavy atom. The molecule has 1 aliphatic heterocycles. The van der Waals surface area contributed by atoms with E-state index in [2.05, 4.69) is 20.7 Å². The summed E-state index contributed by atoms with van der Waals surface area (Å²) in [6, 6.07) is 6.73. The summed E-state index contributed by atoms with van der Waals surface area (Å²) in [6.07, 6.45) is 3.54. The first-order chi connectivity index (χ1) is 11.4. The lowest BCUT2D eigenvalue weighted by atomic mass is 10.1. The van der Waals surface area contributed by atoms with Crippen molar-refractivity contribution in [3.63, 3.8) is 0 Å². The van der Waals surface area contributed by atoms with Crippen LogP contribution >= 0.6 is 0 Å². The SMILES string of the molecule is CC(NC(=O)NC1CCS(=O)(=O)C1)c1ccc(-n2cncn2)cc1. The van der Waals surface area contributed by atoms with Crippen LogP contribution in [0.2, 0.25) is 0 Å². The predicted octanol–water partition coefficient (Wildman–Crippen LogP) is 0.815. The van der Waals surface area contributed by atoms with Gasteiger partial charge >= 0.3 is 6.03 Å². The number of benzene rings is 1. The summed E-state index contributed by atoms with van der Waals surface area (Å²) in [4.78, 5) is 15.9. The highest BCUT2D eigenvalue weighted by Gasteiger charge is 2.29. The molecule has 0 saturated carbocycles. The van der Waals surface area contributed by atoms with Crippen LogP contribution in [0.4, 0.5) is 4.79 Å². The van der Waals surface area contributed by atoms with Gasteiger partial charge in [0.25, 0.3) is 0 Å². The van der Waals surface area contributed by atoms with E-state index < -0.39 is 9.84 Å². The zero-order valence-corrected chi connectivity index (χ0v) is 14.0. The monoisotopic (exact) mass is 349 g/mol. The molecule has 128 valence electrons. The molecule has 2 heterocycles. The number of amides is 2. The Labute approximate surface area is 140 Å². The van der Waals surface area contributed by atoms with Crippen LogP contribution in [0, 0.1) is 0 Å². The highest BCUT2D eigenvalue weighted by molar-refractivity contribution is 7.91. The highest BCUT2D eigenvalue weighted by Crippen LogP contribution is 2.16. The summed E-state index contributed by atoms with van der Waals surface area (Å²) in [6.45, 7) is 1.87. The lowest BCUT2D eigenvalue weighted by Crippen LogP contribution is -2.43. The third-order valence-electron chi connectivity index (χ3n) is 3.99. The fourth-order valence-corrected chi connectivity index (χ4v) is 4.35. The second-order valence-corrected chi connectivity index (χ2v) is 8.10.